The molecule has 3 aliphatic heterocycles. The van der Waals surface area contributed by atoms with Crippen LogP contribution in [0.25, 0.3) is 0 Å². The third-order valence-corrected chi connectivity index (χ3v) is 5.82. The SMILES string of the molecule is CCC1(C)CCSC(=NC2CCN3CCCC23)N1. The van der Waals surface area contributed by atoms with E-state index in [2.05, 4.69) is 24.1 Å². The Morgan fingerprint density at radius 3 is 3.17 bits per heavy atom. The fraction of sp³-hybridized carbons (Fsp3) is 0.929. The second-order valence-corrected chi connectivity index (χ2v) is 7.26. The highest BCUT2D eigenvalue weighted by atomic mass is 32.2. The zero-order valence-electron chi connectivity index (χ0n) is 11.6. The summed E-state index contributed by atoms with van der Waals surface area (Å²) in [7, 11) is 0. The summed E-state index contributed by atoms with van der Waals surface area (Å²) in [6.07, 6.45) is 6.44. The van der Waals surface area contributed by atoms with Gasteiger partial charge in [0.05, 0.1) is 6.04 Å². The Morgan fingerprint density at radius 1 is 1.44 bits per heavy atom. The standard InChI is InChI=1S/C14H25N3S/c1-3-14(2)7-10-18-13(16-14)15-11-6-9-17-8-4-5-12(11)17/h11-12H,3-10H2,1-2H3,(H,15,16). The van der Waals surface area contributed by atoms with Crippen LogP contribution >= 0.6 is 11.8 Å². The lowest BCUT2D eigenvalue weighted by Gasteiger charge is -2.35. The minimum Gasteiger partial charge on any atom is -0.360 e. The number of rotatable bonds is 2. The first-order chi connectivity index (χ1) is 8.70. The molecule has 18 heavy (non-hydrogen) atoms. The summed E-state index contributed by atoms with van der Waals surface area (Å²) in [6.45, 7) is 7.18. The van der Waals surface area contributed by atoms with Gasteiger partial charge >= 0.3 is 0 Å². The van der Waals surface area contributed by atoms with Crippen molar-refractivity contribution in [3.8, 4) is 0 Å². The molecular formula is C14H25N3S. The average molecular weight is 267 g/mol. The molecule has 102 valence electrons. The number of thioether (sulfide) groups is 1. The fourth-order valence-electron chi connectivity index (χ4n) is 3.42. The Hall–Kier alpha value is -0.220. The number of hydrogen-bond donors (Lipinski definition) is 1. The summed E-state index contributed by atoms with van der Waals surface area (Å²) in [5.41, 5.74) is 0.276. The van der Waals surface area contributed by atoms with Crippen molar-refractivity contribution >= 4 is 16.9 Å². The van der Waals surface area contributed by atoms with Gasteiger partial charge in [-0.3, -0.25) is 9.89 Å². The van der Waals surface area contributed by atoms with Crippen molar-refractivity contribution in [2.45, 2.75) is 63.6 Å². The molecule has 1 N–H and O–H groups in total. The van der Waals surface area contributed by atoms with E-state index in [4.69, 9.17) is 4.99 Å². The largest absolute Gasteiger partial charge is 0.360 e. The van der Waals surface area contributed by atoms with Crippen LogP contribution in [0.2, 0.25) is 0 Å². The van der Waals surface area contributed by atoms with E-state index in [-0.39, 0.29) is 5.54 Å². The van der Waals surface area contributed by atoms with Gasteiger partial charge in [0.15, 0.2) is 5.17 Å². The molecule has 0 aromatic carbocycles. The van der Waals surface area contributed by atoms with Crippen LogP contribution in [0.5, 0.6) is 0 Å². The highest BCUT2D eigenvalue weighted by molar-refractivity contribution is 8.13. The van der Waals surface area contributed by atoms with Crippen LogP contribution in [0.15, 0.2) is 4.99 Å². The molecular weight excluding hydrogens is 242 g/mol. The van der Waals surface area contributed by atoms with E-state index in [1.807, 2.05) is 11.8 Å². The number of nitrogens with one attached hydrogen (secondary N) is 1. The van der Waals surface area contributed by atoms with E-state index < -0.39 is 0 Å². The molecule has 3 rings (SSSR count). The zero-order chi connectivity index (χ0) is 12.6. The third-order valence-electron chi connectivity index (χ3n) is 4.94. The Kier molecular flexibility index (Phi) is 3.59. The van der Waals surface area contributed by atoms with E-state index in [0.29, 0.717) is 6.04 Å². The molecule has 0 aliphatic carbocycles. The normalized spacial score (nSPS) is 43.1. The van der Waals surface area contributed by atoms with E-state index in [0.717, 1.165) is 6.04 Å². The lowest BCUT2D eigenvalue weighted by Crippen LogP contribution is -2.48. The topological polar surface area (TPSA) is 27.6 Å². The first-order valence-electron chi connectivity index (χ1n) is 7.43. The third kappa shape index (κ3) is 2.42. The zero-order valence-corrected chi connectivity index (χ0v) is 12.4. The predicted molar refractivity (Wildman–Crippen MR) is 79.3 cm³/mol. The Morgan fingerprint density at radius 2 is 2.33 bits per heavy atom. The highest BCUT2D eigenvalue weighted by Crippen LogP contribution is 2.32. The van der Waals surface area contributed by atoms with Crippen molar-refractivity contribution in [1.82, 2.24) is 10.2 Å². The predicted octanol–water partition coefficient (Wildman–Crippen LogP) is 2.47. The Labute approximate surface area is 115 Å². The summed E-state index contributed by atoms with van der Waals surface area (Å²) in [5, 5.41) is 4.89. The second kappa shape index (κ2) is 5.04. The fourth-order valence-corrected chi connectivity index (χ4v) is 4.70. The maximum absolute atomic E-state index is 5.05. The summed E-state index contributed by atoms with van der Waals surface area (Å²) in [4.78, 5) is 7.69. The monoisotopic (exact) mass is 267 g/mol. The lowest BCUT2D eigenvalue weighted by molar-refractivity contribution is 0.314. The first kappa shape index (κ1) is 12.8. The van der Waals surface area contributed by atoms with Crippen LogP contribution < -0.4 is 5.32 Å². The van der Waals surface area contributed by atoms with Crippen molar-refractivity contribution in [3.63, 3.8) is 0 Å². The minimum atomic E-state index is 0.276. The molecule has 3 aliphatic rings. The molecule has 3 heterocycles. The summed E-state index contributed by atoms with van der Waals surface area (Å²) in [6, 6.07) is 1.30. The van der Waals surface area contributed by atoms with Crippen molar-refractivity contribution in [2.24, 2.45) is 4.99 Å². The molecule has 0 amide bonds. The number of nitrogens with zero attached hydrogens (tertiary/aromatic N) is 2. The van der Waals surface area contributed by atoms with E-state index in [1.165, 1.54) is 56.1 Å². The van der Waals surface area contributed by atoms with Gasteiger partial charge in [-0.15, -0.1) is 0 Å². The molecule has 0 aromatic rings. The second-order valence-electron chi connectivity index (χ2n) is 6.17. The van der Waals surface area contributed by atoms with Crippen LogP contribution in [0.1, 0.15) is 46.0 Å². The van der Waals surface area contributed by atoms with Gasteiger partial charge < -0.3 is 5.32 Å². The number of aliphatic imine (C=N–C) groups is 1. The summed E-state index contributed by atoms with van der Waals surface area (Å²) in [5.74, 6) is 1.22. The molecule has 0 spiro atoms. The maximum atomic E-state index is 5.05. The number of amidine groups is 1. The summed E-state index contributed by atoms with van der Waals surface area (Å²) < 4.78 is 0. The van der Waals surface area contributed by atoms with Gasteiger partial charge in [-0.25, -0.2) is 0 Å². The average Bonchev–Trinajstić information content (AvgIpc) is 2.94. The quantitative estimate of drug-likeness (QED) is 0.833. The van der Waals surface area contributed by atoms with Crippen LogP contribution in [-0.2, 0) is 0 Å². The van der Waals surface area contributed by atoms with Crippen LogP contribution in [-0.4, -0.2) is 46.5 Å². The van der Waals surface area contributed by atoms with Crippen LogP contribution in [0.4, 0.5) is 0 Å². The van der Waals surface area contributed by atoms with Crippen molar-refractivity contribution in [1.29, 1.82) is 0 Å². The minimum absolute atomic E-state index is 0.276. The molecule has 0 radical (unpaired) electrons. The van der Waals surface area contributed by atoms with E-state index >= 15 is 0 Å². The van der Waals surface area contributed by atoms with Crippen molar-refractivity contribution in [2.75, 3.05) is 18.8 Å². The smallest absolute Gasteiger partial charge is 0.157 e. The van der Waals surface area contributed by atoms with Gasteiger partial charge in [-0.2, -0.15) is 0 Å². The van der Waals surface area contributed by atoms with Crippen LogP contribution in [0, 0.1) is 0 Å². The Balaban J connectivity index is 1.68. The maximum Gasteiger partial charge on any atom is 0.157 e. The molecule has 0 bridgehead atoms. The van der Waals surface area contributed by atoms with Crippen molar-refractivity contribution < 1.29 is 0 Å². The molecule has 3 atom stereocenters. The van der Waals surface area contributed by atoms with E-state index in [1.54, 1.807) is 0 Å². The lowest BCUT2D eigenvalue weighted by atomic mass is 9.96. The number of fused-ring (bicyclic) bond motifs is 1. The molecule has 0 saturated carbocycles. The van der Waals surface area contributed by atoms with Gasteiger partial charge in [0.2, 0.25) is 0 Å². The molecule has 3 fully saturated rings. The summed E-state index contributed by atoms with van der Waals surface area (Å²) >= 11 is 1.92. The van der Waals surface area contributed by atoms with Gasteiger partial charge in [0.1, 0.15) is 0 Å². The molecule has 4 heteroatoms. The van der Waals surface area contributed by atoms with Gasteiger partial charge in [-0.05, 0) is 45.6 Å². The van der Waals surface area contributed by atoms with Crippen LogP contribution in [0.3, 0.4) is 0 Å². The van der Waals surface area contributed by atoms with Gasteiger partial charge in [0, 0.05) is 23.9 Å². The first-order valence-corrected chi connectivity index (χ1v) is 8.41. The Bertz CT molecular complexity index is 344. The van der Waals surface area contributed by atoms with Gasteiger partial charge in [-0.1, -0.05) is 18.7 Å². The molecule has 0 aromatic heterocycles. The molecule has 3 unspecified atom stereocenters. The van der Waals surface area contributed by atoms with Crippen molar-refractivity contribution in [3.05, 3.63) is 0 Å². The molecule has 3 nitrogen and oxygen atoms in total. The number of hydrogen-bond acceptors (Lipinski definition) is 3. The molecule has 3 saturated heterocycles. The van der Waals surface area contributed by atoms with E-state index in [9.17, 15) is 0 Å². The highest BCUT2D eigenvalue weighted by Gasteiger charge is 2.38. The van der Waals surface area contributed by atoms with Gasteiger partial charge in [0.25, 0.3) is 0 Å².